The highest BCUT2D eigenvalue weighted by molar-refractivity contribution is 6.30. The van der Waals surface area contributed by atoms with Gasteiger partial charge in [0.05, 0.1) is 0 Å². The molecule has 2 unspecified atom stereocenters. The number of aromatic nitrogens is 2. The van der Waals surface area contributed by atoms with E-state index in [0.29, 0.717) is 42.0 Å². The molecule has 0 aliphatic carbocycles. The van der Waals surface area contributed by atoms with Crippen molar-refractivity contribution >= 4 is 17.5 Å². The number of nitrogens with zero attached hydrogens (tertiary/aromatic N) is 3. The Balaban J connectivity index is 1.58. The molecule has 0 radical (unpaired) electrons. The van der Waals surface area contributed by atoms with Crippen LogP contribution in [0, 0.1) is 5.92 Å². The number of carbonyl (C=O) groups excluding carboxylic acids is 1. The zero-order chi connectivity index (χ0) is 17.8. The Morgan fingerprint density at radius 3 is 2.88 bits per heavy atom. The molecule has 3 rings (SSSR count). The monoisotopic (exact) mass is 362 g/mol. The number of benzene rings is 1. The first-order valence-electron chi connectivity index (χ1n) is 8.65. The molecule has 1 saturated heterocycles. The molecule has 1 aromatic carbocycles. The van der Waals surface area contributed by atoms with Crippen LogP contribution in [0.25, 0.3) is 11.4 Å². The molecule has 1 aliphatic heterocycles. The molecule has 6 nitrogen and oxygen atoms in total. The van der Waals surface area contributed by atoms with E-state index in [-0.39, 0.29) is 11.9 Å². The summed E-state index contributed by atoms with van der Waals surface area (Å²) in [5.74, 6) is 1.70. The van der Waals surface area contributed by atoms with Crippen LogP contribution in [0.3, 0.4) is 0 Å². The van der Waals surface area contributed by atoms with Gasteiger partial charge >= 0.3 is 0 Å². The second-order valence-corrected chi connectivity index (χ2v) is 7.06. The molecular formula is C18H23ClN4O2. The van der Waals surface area contributed by atoms with Crippen molar-refractivity contribution < 1.29 is 9.32 Å². The summed E-state index contributed by atoms with van der Waals surface area (Å²) >= 11 is 5.88. The third kappa shape index (κ3) is 4.38. The Morgan fingerprint density at radius 2 is 2.16 bits per heavy atom. The maximum atomic E-state index is 12.5. The molecule has 0 bridgehead atoms. The number of aryl methyl sites for hydroxylation is 1. The number of likely N-dealkylation sites (tertiary alicyclic amines) is 1. The fourth-order valence-electron chi connectivity index (χ4n) is 3.23. The second-order valence-electron chi connectivity index (χ2n) is 6.62. The average molecular weight is 363 g/mol. The van der Waals surface area contributed by atoms with Crippen LogP contribution in [0.4, 0.5) is 0 Å². The van der Waals surface area contributed by atoms with Gasteiger partial charge in [0.15, 0.2) is 0 Å². The SMILES string of the molecule is CC1CCN(C(=O)CCc2nc(-c3ccc(Cl)cc3)no2)C(CN)C1. The van der Waals surface area contributed by atoms with Crippen molar-refractivity contribution in [2.75, 3.05) is 13.1 Å². The summed E-state index contributed by atoms with van der Waals surface area (Å²) in [5, 5.41) is 4.63. The Bertz CT molecular complexity index is 716. The standard InChI is InChI=1S/C18H23ClN4O2/c1-12-8-9-23(15(10-12)11-20)17(24)7-6-16-21-18(22-25-16)13-2-4-14(19)5-3-13/h2-5,12,15H,6-11,20H2,1H3. The van der Waals surface area contributed by atoms with Crippen LogP contribution < -0.4 is 5.73 Å². The number of halogens is 1. The summed E-state index contributed by atoms with van der Waals surface area (Å²) in [6, 6.07) is 7.37. The Labute approximate surface area is 152 Å². The van der Waals surface area contributed by atoms with Gasteiger partial charge in [-0.25, -0.2) is 0 Å². The average Bonchev–Trinajstić information content (AvgIpc) is 3.09. The topological polar surface area (TPSA) is 85.2 Å². The lowest BCUT2D eigenvalue weighted by Gasteiger charge is -2.38. The number of hydrogen-bond acceptors (Lipinski definition) is 5. The fourth-order valence-corrected chi connectivity index (χ4v) is 3.36. The molecular weight excluding hydrogens is 340 g/mol. The van der Waals surface area contributed by atoms with Crippen molar-refractivity contribution in [3.05, 3.63) is 35.2 Å². The van der Waals surface area contributed by atoms with Crippen molar-refractivity contribution in [2.24, 2.45) is 11.7 Å². The van der Waals surface area contributed by atoms with Crippen LogP contribution in [-0.4, -0.2) is 40.1 Å². The molecule has 0 spiro atoms. The van der Waals surface area contributed by atoms with Crippen molar-refractivity contribution in [2.45, 2.75) is 38.6 Å². The lowest BCUT2D eigenvalue weighted by molar-refractivity contribution is -0.135. The summed E-state index contributed by atoms with van der Waals surface area (Å²) in [6.07, 6.45) is 2.79. The minimum absolute atomic E-state index is 0.105. The van der Waals surface area contributed by atoms with Crippen LogP contribution in [0.1, 0.15) is 32.1 Å². The number of hydrogen-bond donors (Lipinski definition) is 1. The molecule has 2 aromatic rings. The zero-order valence-corrected chi connectivity index (χ0v) is 15.1. The highest BCUT2D eigenvalue weighted by Gasteiger charge is 2.28. The predicted octanol–water partition coefficient (Wildman–Crippen LogP) is 2.91. The van der Waals surface area contributed by atoms with Crippen molar-refractivity contribution in [3.63, 3.8) is 0 Å². The predicted molar refractivity (Wildman–Crippen MR) is 96.0 cm³/mol. The third-order valence-corrected chi connectivity index (χ3v) is 4.95. The van der Waals surface area contributed by atoms with Gasteiger partial charge in [0.1, 0.15) is 0 Å². The molecule has 1 amide bonds. The lowest BCUT2D eigenvalue weighted by atomic mass is 9.92. The van der Waals surface area contributed by atoms with Crippen molar-refractivity contribution in [3.8, 4) is 11.4 Å². The minimum Gasteiger partial charge on any atom is -0.339 e. The fraction of sp³-hybridized carbons (Fsp3) is 0.500. The molecule has 134 valence electrons. The normalized spacial score (nSPS) is 20.7. The lowest BCUT2D eigenvalue weighted by Crippen LogP contribution is -2.49. The molecule has 2 atom stereocenters. The molecule has 7 heteroatoms. The molecule has 1 fully saturated rings. The third-order valence-electron chi connectivity index (χ3n) is 4.69. The first kappa shape index (κ1) is 17.9. The number of piperidine rings is 1. The molecule has 0 saturated carbocycles. The number of amides is 1. The van der Waals surface area contributed by atoms with Crippen molar-refractivity contribution in [1.82, 2.24) is 15.0 Å². The van der Waals surface area contributed by atoms with Crippen LogP contribution in [0.5, 0.6) is 0 Å². The number of carbonyl (C=O) groups is 1. The highest BCUT2D eigenvalue weighted by Crippen LogP contribution is 2.23. The molecule has 1 aliphatic rings. The highest BCUT2D eigenvalue weighted by atomic mass is 35.5. The van der Waals surface area contributed by atoms with E-state index in [4.69, 9.17) is 21.9 Å². The molecule has 2 N–H and O–H groups in total. The smallest absolute Gasteiger partial charge is 0.227 e. The van der Waals surface area contributed by atoms with Gasteiger partial charge in [-0.3, -0.25) is 4.79 Å². The van der Waals surface area contributed by atoms with Gasteiger partial charge in [0, 0.05) is 42.6 Å². The van der Waals surface area contributed by atoms with Crippen LogP contribution >= 0.6 is 11.6 Å². The van der Waals surface area contributed by atoms with Gasteiger partial charge in [0.25, 0.3) is 0 Å². The summed E-state index contributed by atoms with van der Waals surface area (Å²) in [5.41, 5.74) is 6.67. The van der Waals surface area contributed by atoms with Gasteiger partial charge in [-0.2, -0.15) is 4.98 Å². The molecule has 1 aromatic heterocycles. The van der Waals surface area contributed by atoms with E-state index in [1.54, 1.807) is 12.1 Å². The summed E-state index contributed by atoms with van der Waals surface area (Å²) in [4.78, 5) is 18.8. The van der Waals surface area contributed by atoms with Crippen molar-refractivity contribution in [1.29, 1.82) is 0 Å². The van der Waals surface area contributed by atoms with E-state index in [1.807, 2.05) is 17.0 Å². The quantitative estimate of drug-likeness (QED) is 0.883. The van der Waals surface area contributed by atoms with Gasteiger partial charge in [-0.05, 0) is 43.0 Å². The maximum absolute atomic E-state index is 12.5. The van der Waals surface area contributed by atoms with Gasteiger partial charge in [-0.1, -0.05) is 23.7 Å². The van der Waals surface area contributed by atoms with E-state index >= 15 is 0 Å². The number of nitrogens with two attached hydrogens (primary N) is 1. The van der Waals surface area contributed by atoms with Gasteiger partial charge in [-0.15, -0.1) is 0 Å². The second kappa shape index (κ2) is 7.97. The Kier molecular flexibility index (Phi) is 5.71. The summed E-state index contributed by atoms with van der Waals surface area (Å²) < 4.78 is 5.27. The van der Waals surface area contributed by atoms with Gasteiger partial charge < -0.3 is 15.2 Å². The van der Waals surface area contributed by atoms with E-state index in [2.05, 4.69) is 17.1 Å². The van der Waals surface area contributed by atoms with Gasteiger partial charge in [0.2, 0.25) is 17.6 Å². The Hall–Kier alpha value is -1.92. The minimum atomic E-state index is 0.105. The van der Waals surface area contributed by atoms with Crippen LogP contribution in [0.15, 0.2) is 28.8 Å². The van der Waals surface area contributed by atoms with E-state index in [0.717, 1.165) is 24.9 Å². The van der Waals surface area contributed by atoms with E-state index in [9.17, 15) is 4.79 Å². The largest absolute Gasteiger partial charge is 0.339 e. The zero-order valence-electron chi connectivity index (χ0n) is 14.3. The first-order valence-corrected chi connectivity index (χ1v) is 9.02. The molecule has 2 heterocycles. The van der Waals surface area contributed by atoms with Crippen LogP contribution in [0.2, 0.25) is 5.02 Å². The summed E-state index contributed by atoms with van der Waals surface area (Å²) in [6.45, 7) is 3.50. The Morgan fingerprint density at radius 1 is 1.40 bits per heavy atom. The van der Waals surface area contributed by atoms with E-state index in [1.165, 1.54) is 0 Å². The summed E-state index contributed by atoms with van der Waals surface area (Å²) in [7, 11) is 0. The van der Waals surface area contributed by atoms with Crippen LogP contribution in [-0.2, 0) is 11.2 Å². The maximum Gasteiger partial charge on any atom is 0.227 e. The first-order chi connectivity index (χ1) is 12.1. The van der Waals surface area contributed by atoms with E-state index < -0.39 is 0 Å². The molecule has 25 heavy (non-hydrogen) atoms. The number of rotatable bonds is 5.